The number of amides is 1. The minimum Gasteiger partial charge on any atom is -0.481 e. The highest BCUT2D eigenvalue weighted by atomic mass is 16.5. The van der Waals surface area contributed by atoms with Crippen molar-refractivity contribution in [2.45, 2.75) is 6.42 Å². The number of carboxylic acid groups (broad SMARTS) is 1. The van der Waals surface area contributed by atoms with Crippen LogP contribution in [0.4, 0.5) is 0 Å². The Hall–Kier alpha value is -2.41. The van der Waals surface area contributed by atoms with Gasteiger partial charge in [-0.2, -0.15) is 0 Å². The van der Waals surface area contributed by atoms with Gasteiger partial charge in [0.15, 0.2) is 5.58 Å². The van der Waals surface area contributed by atoms with Crippen LogP contribution in [0, 0.1) is 5.92 Å². The fraction of sp³-hybridized carbons (Fsp3) is 0.400. The third-order valence-corrected chi connectivity index (χ3v) is 3.86. The number of carbonyl (C=O) groups is 2. The van der Waals surface area contributed by atoms with Crippen molar-refractivity contribution in [2.24, 2.45) is 5.92 Å². The second-order valence-electron chi connectivity index (χ2n) is 5.38. The molecular formula is C15H17N3O4. The zero-order chi connectivity index (χ0) is 15.5. The van der Waals surface area contributed by atoms with Crippen molar-refractivity contribution in [1.82, 2.24) is 15.4 Å². The van der Waals surface area contributed by atoms with Gasteiger partial charge in [-0.25, -0.2) is 0 Å². The first-order chi connectivity index (χ1) is 10.6. The topological polar surface area (TPSA) is 95.7 Å². The Bertz CT molecular complexity index is 697. The average Bonchev–Trinajstić information content (AvgIpc) is 2.75. The van der Waals surface area contributed by atoms with E-state index in [1.807, 2.05) is 18.2 Å². The molecule has 116 valence electrons. The fourth-order valence-electron chi connectivity index (χ4n) is 2.62. The van der Waals surface area contributed by atoms with Gasteiger partial charge < -0.3 is 19.8 Å². The van der Waals surface area contributed by atoms with Crippen LogP contribution in [0.1, 0.15) is 5.69 Å². The number of nitrogens with zero attached hydrogens (tertiary/aromatic N) is 2. The van der Waals surface area contributed by atoms with Gasteiger partial charge in [-0.15, -0.1) is 0 Å². The standard InChI is InChI=1S/C15H17N3O4/c19-14(18-6-5-16-8-10(9-18)15(20)21)7-12-11-3-1-2-4-13(11)22-17-12/h1-4,10,16H,5-9H2,(H,20,21). The molecule has 7 heteroatoms. The predicted octanol–water partition coefficient (Wildman–Crippen LogP) is 0.503. The Morgan fingerprint density at radius 3 is 3.05 bits per heavy atom. The van der Waals surface area contributed by atoms with Crippen molar-refractivity contribution in [3.8, 4) is 0 Å². The molecule has 1 fully saturated rings. The molecule has 2 N–H and O–H groups in total. The van der Waals surface area contributed by atoms with Gasteiger partial charge in [0, 0.05) is 31.6 Å². The molecule has 1 aliphatic heterocycles. The molecule has 2 heterocycles. The van der Waals surface area contributed by atoms with Crippen LogP contribution in [-0.4, -0.2) is 53.2 Å². The van der Waals surface area contributed by atoms with E-state index < -0.39 is 11.9 Å². The van der Waals surface area contributed by atoms with Gasteiger partial charge in [0.1, 0.15) is 5.69 Å². The second-order valence-corrected chi connectivity index (χ2v) is 5.38. The Balaban J connectivity index is 1.74. The molecule has 0 radical (unpaired) electrons. The Kier molecular flexibility index (Phi) is 4.06. The van der Waals surface area contributed by atoms with Crippen molar-refractivity contribution in [2.75, 3.05) is 26.2 Å². The van der Waals surface area contributed by atoms with E-state index in [-0.39, 0.29) is 18.9 Å². The lowest BCUT2D eigenvalue weighted by Crippen LogP contribution is -2.39. The summed E-state index contributed by atoms with van der Waals surface area (Å²) in [5.74, 6) is -1.60. The van der Waals surface area contributed by atoms with Crippen LogP contribution in [0.5, 0.6) is 0 Å². The number of fused-ring (bicyclic) bond motifs is 1. The SMILES string of the molecule is O=C(O)C1CNCCN(C(=O)Cc2noc3ccccc23)C1. The molecule has 1 atom stereocenters. The summed E-state index contributed by atoms with van der Waals surface area (Å²) in [6.07, 6.45) is 0.114. The maximum Gasteiger partial charge on any atom is 0.309 e. The van der Waals surface area contributed by atoms with Gasteiger partial charge in [-0.05, 0) is 12.1 Å². The summed E-state index contributed by atoms with van der Waals surface area (Å²) in [4.78, 5) is 25.2. The van der Waals surface area contributed by atoms with Crippen molar-refractivity contribution < 1.29 is 19.2 Å². The zero-order valence-corrected chi connectivity index (χ0v) is 12.0. The second kappa shape index (κ2) is 6.15. The molecule has 0 spiro atoms. The van der Waals surface area contributed by atoms with Crippen molar-refractivity contribution in [1.29, 1.82) is 0 Å². The van der Waals surface area contributed by atoms with Gasteiger partial charge in [-0.1, -0.05) is 17.3 Å². The summed E-state index contributed by atoms with van der Waals surface area (Å²) in [5, 5.41) is 17.0. The third-order valence-electron chi connectivity index (χ3n) is 3.86. The summed E-state index contributed by atoms with van der Waals surface area (Å²) in [6.45, 7) is 1.69. The molecule has 0 bridgehead atoms. The summed E-state index contributed by atoms with van der Waals surface area (Å²) in [7, 11) is 0. The van der Waals surface area contributed by atoms with Gasteiger partial charge >= 0.3 is 5.97 Å². The van der Waals surface area contributed by atoms with Crippen LogP contribution in [0.15, 0.2) is 28.8 Å². The van der Waals surface area contributed by atoms with E-state index in [2.05, 4.69) is 10.5 Å². The number of aromatic nitrogens is 1. The predicted molar refractivity (Wildman–Crippen MR) is 78.3 cm³/mol. The number of carboxylic acids is 1. The number of benzene rings is 1. The van der Waals surface area contributed by atoms with Crippen LogP contribution in [0.25, 0.3) is 11.0 Å². The van der Waals surface area contributed by atoms with E-state index in [1.54, 1.807) is 11.0 Å². The van der Waals surface area contributed by atoms with E-state index in [9.17, 15) is 9.59 Å². The Morgan fingerprint density at radius 2 is 2.23 bits per heavy atom. The van der Waals surface area contributed by atoms with Gasteiger partial charge in [-0.3, -0.25) is 9.59 Å². The normalized spacial score (nSPS) is 19.1. The maximum atomic E-state index is 12.5. The molecule has 0 aliphatic carbocycles. The Morgan fingerprint density at radius 1 is 1.41 bits per heavy atom. The van der Waals surface area contributed by atoms with Crippen LogP contribution in [0.2, 0.25) is 0 Å². The molecule has 7 nitrogen and oxygen atoms in total. The maximum absolute atomic E-state index is 12.5. The zero-order valence-electron chi connectivity index (χ0n) is 12.0. The van der Waals surface area contributed by atoms with Crippen LogP contribution in [0.3, 0.4) is 0 Å². The third kappa shape index (κ3) is 2.94. The van der Waals surface area contributed by atoms with Crippen LogP contribution < -0.4 is 5.32 Å². The smallest absolute Gasteiger partial charge is 0.309 e. The molecule has 1 unspecified atom stereocenters. The molecular weight excluding hydrogens is 286 g/mol. The minimum atomic E-state index is -0.890. The fourth-order valence-corrected chi connectivity index (χ4v) is 2.62. The van der Waals surface area contributed by atoms with E-state index in [4.69, 9.17) is 9.63 Å². The first-order valence-corrected chi connectivity index (χ1v) is 7.19. The van der Waals surface area contributed by atoms with Crippen molar-refractivity contribution >= 4 is 22.8 Å². The molecule has 3 rings (SSSR count). The highest BCUT2D eigenvalue weighted by Gasteiger charge is 2.27. The number of carbonyl (C=O) groups excluding carboxylic acids is 1. The lowest BCUT2D eigenvalue weighted by atomic mass is 10.1. The number of rotatable bonds is 3. The van der Waals surface area contributed by atoms with Gasteiger partial charge in [0.25, 0.3) is 0 Å². The van der Waals surface area contributed by atoms with E-state index in [0.717, 1.165) is 5.39 Å². The molecule has 1 aliphatic rings. The van der Waals surface area contributed by atoms with Crippen molar-refractivity contribution in [3.63, 3.8) is 0 Å². The van der Waals surface area contributed by atoms with Crippen LogP contribution in [-0.2, 0) is 16.0 Å². The number of aliphatic carboxylic acids is 1. The van der Waals surface area contributed by atoms with Gasteiger partial charge in [0.05, 0.1) is 12.3 Å². The number of para-hydroxylation sites is 1. The van der Waals surface area contributed by atoms with Crippen LogP contribution >= 0.6 is 0 Å². The number of hydrogen-bond donors (Lipinski definition) is 2. The van der Waals surface area contributed by atoms with E-state index >= 15 is 0 Å². The lowest BCUT2D eigenvalue weighted by Gasteiger charge is -2.21. The first kappa shape index (κ1) is 14.5. The highest BCUT2D eigenvalue weighted by Crippen LogP contribution is 2.19. The molecule has 1 saturated heterocycles. The molecule has 2 aromatic rings. The largest absolute Gasteiger partial charge is 0.481 e. The average molecular weight is 303 g/mol. The minimum absolute atomic E-state index is 0.114. The molecule has 22 heavy (non-hydrogen) atoms. The molecule has 0 saturated carbocycles. The van der Waals surface area contributed by atoms with Crippen molar-refractivity contribution in [3.05, 3.63) is 30.0 Å². The monoisotopic (exact) mass is 303 g/mol. The van der Waals surface area contributed by atoms with E-state index in [1.165, 1.54) is 0 Å². The van der Waals surface area contributed by atoms with E-state index in [0.29, 0.717) is 30.9 Å². The molecule has 1 aromatic carbocycles. The number of nitrogens with one attached hydrogen (secondary N) is 1. The van der Waals surface area contributed by atoms with Gasteiger partial charge in [0.2, 0.25) is 5.91 Å². The molecule has 1 aromatic heterocycles. The number of hydrogen-bond acceptors (Lipinski definition) is 5. The summed E-state index contributed by atoms with van der Waals surface area (Å²) < 4.78 is 5.19. The Labute approximate surface area is 126 Å². The summed E-state index contributed by atoms with van der Waals surface area (Å²) >= 11 is 0. The first-order valence-electron chi connectivity index (χ1n) is 7.19. The lowest BCUT2D eigenvalue weighted by molar-refractivity contribution is -0.142. The summed E-state index contributed by atoms with van der Waals surface area (Å²) in [5.41, 5.74) is 1.23. The quantitative estimate of drug-likeness (QED) is 0.857. The molecule has 1 amide bonds. The highest BCUT2D eigenvalue weighted by molar-refractivity contribution is 5.86. The summed E-state index contributed by atoms with van der Waals surface area (Å²) in [6, 6.07) is 7.37.